The van der Waals surface area contributed by atoms with Crippen LogP contribution in [0.1, 0.15) is 11.1 Å². The molecule has 2 aliphatic rings. The van der Waals surface area contributed by atoms with Gasteiger partial charge in [0.15, 0.2) is 0 Å². The summed E-state index contributed by atoms with van der Waals surface area (Å²) in [5, 5.41) is 3.16. The molecular weight excluding hydrogens is 428 g/mol. The Bertz CT molecular complexity index is 1140. The lowest BCUT2D eigenvalue weighted by Crippen LogP contribution is -2.61. The Hall–Kier alpha value is -3.74. The molecule has 1 fully saturated rings. The smallest absolute Gasteiger partial charge is 0.225 e. The standard InChI is InChI=1S/C27H30N4O3/c1-33-22-9-6-21(7-10-22)30-12-13-31-25-15-23(34-2)8-5-20(25)14-24(26(31)18-30)27(32)29-17-19-4-3-11-28-16-19/h3-11,15-16,24,26H,12-14,17-18H2,1-2H3,(H,29,32)/t24-,26-/m1/s1. The number of nitrogens with one attached hydrogen (secondary N) is 1. The van der Waals surface area contributed by atoms with Gasteiger partial charge in [-0.05, 0) is 53.9 Å². The highest BCUT2D eigenvalue weighted by Crippen LogP contribution is 2.39. The first kappa shape index (κ1) is 22.1. The van der Waals surface area contributed by atoms with Crippen LogP contribution in [0.5, 0.6) is 11.5 Å². The summed E-state index contributed by atoms with van der Waals surface area (Å²) >= 11 is 0. The van der Waals surface area contributed by atoms with E-state index in [1.165, 1.54) is 11.3 Å². The number of methoxy groups -OCH3 is 2. The monoisotopic (exact) mass is 458 g/mol. The van der Waals surface area contributed by atoms with Gasteiger partial charge in [0.1, 0.15) is 11.5 Å². The van der Waals surface area contributed by atoms with Crippen molar-refractivity contribution in [1.29, 1.82) is 0 Å². The lowest BCUT2D eigenvalue weighted by atomic mass is 9.83. The molecule has 1 aromatic heterocycles. The van der Waals surface area contributed by atoms with Crippen LogP contribution < -0.4 is 24.6 Å². The molecule has 7 nitrogen and oxygen atoms in total. The summed E-state index contributed by atoms with van der Waals surface area (Å²) < 4.78 is 10.8. The van der Waals surface area contributed by atoms with Gasteiger partial charge in [0.25, 0.3) is 0 Å². The number of piperazine rings is 1. The number of fused-ring (bicyclic) bond motifs is 3. The molecule has 1 saturated heterocycles. The van der Waals surface area contributed by atoms with Crippen LogP contribution in [0.15, 0.2) is 67.0 Å². The summed E-state index contributed by atoms with van der Waals surface area (Å²) in [5.74, 6) is 1.61. The van der Waals surface area contributed by atoms with Crippen molar-refractivity contribution in [1.82, 2.24) is 10.3 Å². The van der Waals surface area contributed by atoms with Crippen molar-refractivity contribution in [3.63, 3.8) is 0 Å². The molecule has 5 rings (SSSR count). The fraction of sp³-hybridized carbons (Fsp3) is 0.333. The molecule has 2 aromatic carbocycles. The third kappa shape index (κ3) is 4.38. The number of ether oxygens (including phenoxy) is 2. The Labute approximate surface area is 200 Å². The molecule has 3 aromatic rings. The highest BCUT2D eigenvalue weighted by Gasteiger charge is 2.41. The summed E-state index contributed by atoms with van der Waals surface area (Å²) in [5.41, 5.74) is 4.51. The number of carbonyl (C=O) groups is 1. The third-order valence-corrected chi connectivity index (χ3v) is 6.89. The number of benzene rings is 2. The molecule has 0 saturated carbocycles. The third-order valence-electron chi connectivity index (χ3n) is 6.89. The van der Waals surface area contributed by atoms with Gasteiger partial charge in [0.05, 0.1) is 26.2 Å². The summed E-state index contributed by atoms with van der Waals surface area (Å²) in [6.45, 7) is 2.97. The first-order valence-corrected chi connectivity index (χ1v) is 11.7. The van der Waals surface area contributed by atoms with Gasteiger partial charge in [0.2, 0.25) is 5.91 Å². The van der Waals surface area contributed by atoms with Gasteiger partial charge in [-0.1, -0.05) is 12.1 Å². The molecule has 2 aliphatic heterocycles. The molecule has 34 heavy (non-hydrogen) atoms. The summed E-state index contributed by atoms with van der Waals surface area (Å²) in [6, 6.07) is 18.3. The van der Waals surface area contributed by atoms with E-state index in [1.54, 1.807) is 26.6 Å². The maximum atomic E-state index is 13.5. The average Bonchev–Trinajstić information content (AvgIpc) is 2.91. The largest absolute Gasteiger partial charge is 0.497 e. The van der Waals surface area contributed by atoms with Gasteiger partial charge in [-0.25, -0.2) is 0 Å². The number of nitrogens with zero attached hydrogens (tertiary/aromatic N) is 3. The highest BCUT2D eigenvalue weighted by atomic mass is 16.5. The number of anilines is 2. The van der Waals surface area contributed by atoms with E-state index in [1.807, 2.05) is 30.3 Å². The van der Waals surface area contributed by atoms with Crippen molar-refractivity contribution in [3.8, 4) is 11.5 Å². The number of aromatic nitrogens is 1. The highest BCUT2D eigenvalue weighted by molar-refractivity contribution is 5.82. The van der Waals surface area contributed by atoms with E-state index in [9.17, 15) is 4.79 Å². The minimum absolute atomic E-state index is 0.0596. The number of rotatable bonds is 6. The predicted octanol–water partition coefficient (Wildman–Crippen LogP) is 3.28. The number of amides is 1. The second-order valence-corrected chi connectivity index (χ2v) is 8.79. The lowest BCUT2D eigenvalue weighted by molar-refractivity contribution is -0.126. The minimum atomic E-state index is -0.154. The minimum Gasteiger partial charge on any atom is -0.497 e. The zero-order valence-corrected chi connectivity index (χ0v) is 19.6. The first-order valence-electron chi connectivity index (χ1n) is 11.7. The molecule has 0 unspecified atom stereocenters. The van der Waals surface area contributed by atoms with Crippen molar-refractivity contribution in [3.05, 3.63) is 78.1 Å². The summed E-state index contributed by atoms with van der Waals surface area (Å²) in [6.07, 6.45) is 4.24. The number of hydrogen-bond acceptors (Lipinski definition) is 6. The van der Waals surface area contributed by atoms with Gasteiger partial charge >= 0.3 is 0 Å². The van der Waals surface area contributed by atoms with Crippen LogP contribution in [-0.2, 0) is 17.8 Å². The van der Waals surface area contributed by atoms with E-state index < -0.39 is 0 Å². The van der Waals surface area contributed by atoms with Crippen molar-refractivity contribution in [2.45, 2.75) is 19.0 Å². The van der Waals surface area contributed by atoms with Crippen molar-refractivity contribution >= 4 is 17.3 Å². The molecule has 0 bridgehead atoms. The van der Waals surface area contributed by atoms with Crippen LogP contribution in [0.4, 0.5) is 11.4 Å². The van der Waals surface area contributed by atoms with E-state index in [-0.39, 0.29) is 17.9 Å². The van der Waals surface area contributed by atoms with E-state index in [4.69, 9.17) is 9.47 Å². The maximum Gasteiger partial charge on any atom is 0.225 e. The molecule has 176 valence electrons. The molecule has 1 N–H and O–H groups in total. The first-order chi connectivity index (χ1) is 16.7. The Morgan fingerprint density at radius 2 is 1.85 bits per heavy atom. The molecule has 0 spiro atoms. The fourth-order valence-corrected chi connectivity index (χ4v) is 5.05. The van der Waals surface area contributed by atoms with Gasteiger partial charge in [-0.2, -0.15) is 0 Å². The fourth-order valence-electron chi connectivity index (χ4n) is 5.05. The zero-order valence-electron chi connectivity index (χ0n) is 19.6. The normalized spacial score (nSPS) is 19.1. The Balaban J connectivity index is 1.41. The SMILES string of the molecule is COc1ccc(N2CCN3c4cc(OC)ccc4C[C@@H](C(=O)NCc4cccnc4)[C@H]3C2)cc1. The second-order valence-electron chi connectivity index (χ2n) is 8.79. The summed E-state index contributed by atoms with van der Waals surface area (Å²) in [4.78, 5) is 22.4. The predicted molar refractivity (Wildman–Crippen MR) is 133 cm³/mol. The van der Waals surface area contributed by atoms with Crippen LogP contribution in [0.3, 0.4) is 0 Å². The Morgan fingerprint density at radius 1 is 1.06 bits per heavy atom. The van der Waals surface area contributed by atoms with Crippen LogP contribution in [0, 0.1) is 5.92 Å². The van der Waals surface area contributed by atoms with Crippen molar-refractivity contribution < 1.29 is 14.3 Å². The number of pyridine rings is 1. The topological polar surface area (TPSA) is 66.9 Å². The van der Waals surface area contributed by atoms with E-state index in [2.05, 4.69) is 44.4 Å². The average molecular weight is 459 g/mol. The molecule has 1 amide bonds. The lowest BCUT2D eigenvalue weighted by Gasteiger charge is -2.49. The van der Waals surface area contributed by atoms with Gasteiger partial charge in [-0.3, -0.25) is 9.78 Å². The van der Waals surface area contributed by atoms with Crippen LogP contribution in [-0.4, -0.2) is 50.8 Å². The molecular formula is C27H30N4O3. The number of carbonyl (C=O) groups excluding carboxylic acids is 1. The molecule has 0 aliphatic carbocycles. The van der Waals surface area contributed by atoms with Crippen LogP contribution in [0.2, 0.25) is 0 Å². The van der Waals surface area contributed by atoms with E-state index >= 15 is 0 Å². The second kappa shape index (κ2) is 9.63. The van der Waals surface area contributed by atoms with Crippen molar-refractivity contribution in [2.24, 2.45) is 5.92 Å². The van der Waals surface area contributed by atoms with E-state index in [0.717, 1.165) is 42.4 Å². The quantitative estimate of drug-likeness (QED) is 0.612. The van der Waals surface area contributed by atoms with E-state index in [0.29, 0.717) is 13.0 Å². The molecule has 3 heterocycles. The summed E-state index contributed by atoms with van der Waals surface area (Å²) in [7, 11) is 3.37. The van der Waals surface area contributed by atoms with Crippen LogP contribution in [0.25, 0.3) is 0 Å². The van der Waals surface area contributed by atoms with Crippen molar-refractivity contribution in [2.75, 3.05) is 43.7 Å². The maximum absolute atomic E-state index is 13.5. The van der Waals surface area contributed by atoms with Crippen LogP contribution >= 0.6 is 0 Å². The Morgan fingerprint density at radius 3 is 2.59 bits per heavy atom. The number of hydrogen-bond donors (Lipinski definition) is 1. The molecule has 0 radical (unpaired) electrons. The van der Waals surface area contributed by atoms with Gasteiger partial charge in [0, 0.05) is 56.0 Å². The molecule has 2 atom stereocenters. The van der Waals surface area contributed by atoms with Gasteiger partial charge < -0.3 is 24.6 Å². The zero-order chi connectivity index (χ0) is 23.5. The van der Waals surface area contributed by atoms with Gasteiger partial charge in [-0.15, -0.1) is 0 Å². The molecule has 7 heteroatoms. The Kier molecular flexibility index (Phi) is 6.25.